The average Bonchev–Trinajstić information content (AvgIpc) is 3.27. The summed E-state index contributed by atoms with van der Waals surface area (Å²) in [5.41, 5.74) is 4.52. The number of methoxy groups -OCH3 is 1. The first kappa shape index (κ1) is 24.0. The zero-order valence-corrected chi connectivity index (χ0v) is 20.0. The maximum atomic E-state index is 14.0. The van der Waals surface area contributed by atoms with Gasteiger partial charge in [0.2, 0.25) is 11.8 Å². The molecule has 0 aliphatic heterocycles. The van der Waals surface area contributed by atoms with Crippen LogP contribution in [0.5, 0.6) is 0 Å². The zero-order valence-electron chi connectivity index (χ0n) is 20.0. The summed E-state index contributed by atoms with van der Waals surface area (Å²) in [7, 11) is 1.57. The van der Waals surface area contributed by atoms with Crippen molar-refractivity contribution in [3.05, 3.63) is 83.7 Å². The Bertz CT molecular complexity index is 1320. The third-order valence-corrected chi connectivity index (χ3v) is 5.71. The number of fused-ring (bicyclic) bond motifs is 1. The lowest BCUT2D eigenvalue weighted by molar-refractivity contribution is -0.127. The molecule has 0 radical (unpaired) electrons. The second-order valence-electron chi connectivity index (χ2n) is 8.26. The average molecular weight is 473 g/mol. The number of para-hydroxylation sites is 1. The van der Waals surface area contributed by atoms with Crippen LogP contribution < -0.4 is 10.2 Å². The summed E-state index contributed by atoms with van der Waals surface area (Å²) >= 11 is 0. The molecular formula is C26H28N6O3. The van der Waals surface area contributed by atoms with Crippen molar-refractivity contribution < 1.29 is 14.3 Å². The molecule has 2 aromatic carbocycles. The molecule has 0 saturated heterocycles. The molecule has 0 saturated carbocycles. The predicted molar refractivity (Wildman–Crippen MR) is 133 cm³/mol. The van der Waals surface area contributed by atoms with Gasteiger partial charge in [0.05, 0.1) is 12.1 Å². The number of rotatable bonds is 9. The van der Waals surface area contributed by atoms with Crippen LogP contribution in [0.3, 0.4) is 0 Å². The molecule has 35 heavy (non-hydrogen) atoms. The van der Waals surface area contributed by atoms with Gasteiger partial charge in [-0.15, -0.1) is 5.10 Å². The number of carbonyl (C=O) groups is 2. The number of nitrogens with zero attached hydrogens (tertiary/aromatic N) is 5. The van der Waals surface area contributed by atoms with Gasteiger partial charge < -0.3 is 10.1 Å². The number of benzene rings is 2. The van der Waals surface area contributed by atoms with Gasteiger partial charge in [0, 0.05) is 37.3 Å². The van der Waals surface area contributed by atoms with Gasteiger partial charge in [-0.2, -0.15) is 0 Å². The predicted octanol–water partition coefficient (Wildman–Crippen LogP) is 2.98. The minimum atomic E-state index is -0.941. The van der Waals surface area contributed by atoms with Crippen LogP contribution in [0.4, 0.5) is 5.69 Å². The molecule has 0 aliphatic rings. The molecule has 1 N–H and O–H groups in total. The molecule has 9 nitrogen and oxygen atoms in total. The van der Waals surface area contributed by atoms with Crippen molar-refractivity contribution in [3.8, 4) is 0 Å². The molecule has 9 heteroatoms. The van der Waals surface area contributed by atoms with Crippen molar-refractivity contribution in [2.45, 2.75) is 26.4 Å². The van der Waals surface area contributed by atoms with Crippen LogP contribution in [0.2, 0.25) is 0 Å². The Labute approximate surface area is 203 Å². The van der Waals surface area contributed by atoms with E-state index in [4.69, 9.17) is 4.74 Å². The fraction of sp³-hybridized carbons (Fsp3) is 0.269. The highest BCUT2D eigenvalue weighted by atomic mass is 16.5. The Morgan fingerprint density at radius 2 is 1.94 bits per heavy atom. The molecule has 1 atom stereocenters. The van der Waals surface area contributed by atoms with E-state index in [-0.39, 0.29) is 18.4 Å². The number of carbonyl (C=O) groups excluding carboxylic acids is 2. The van der Waals surface area contributed by atoms with Gasteiger partial charge in [-0.05, 0) is 49.2 Å². The normalized spacial score (nSPS) is 11.9. The fourth-order valence-corrected chi connectivity index (χ4v) is 3.96. The van der Waals surface area contributed by atoms with Crippen molar-refractivity contribution in [1.82, 2.24) is 25.3 Å². The van der Waals surface area contributed by atoms with E-state index in [2.05, 4.69) is 20.6 Å². The van der Waals surface area contributed by atoms with E-state index in [1.165, 1.54) is 4.90 Å². The monoisotopic (exact) mass is 472 g/mol. The van der Waals surface area contributed by atoms with E-state index in [9.17, 15) is 9.59 Å². The van der Waals surface area contributed by atoms with Gasteiger partial charge in [0.1, 0.15) is 18.1 Å². The van der Waals surface area contributed by atoms with Crippen LogP contribution in [0, 0.1) is 13.8 Å². The highest BCUT2D eigenvalue weighted by molar-refractivity contribution is 6.02. The van der Waals surface area contributed by atoms with Crippen molar-refractivity contribution in [2.75, 3.05) is 25.2 Å². The molecule has 0 fully saturated rings. The van der Waals surface area contributed by atoms with Crippen molar-refractivity contribution in [2.24, 2.45) is 0 Å². The molecular weight excluding hydrogens is 444 g/mol. The quantitative estimate of drug-likeness (QED) is 0.376. The van der Waals surface area contributed by atoms with Crippen LogP contribution in [-0.4, -0.2) is 52.1 Å². The summed E-state index contributed by atoms with van der Waals surface area (Å²) in [6.07, 6.45) is 3.24. The number of aromatic nitrogens is 4. The van der Waals surface area contributed by atoms with Gasteiger partial charge >= 0.3 is 0 Å². The first-order chi connectivity index (χ1) is 17.0. The summed E-state index contributed by atoms with van der Waals surface area (Å²) in [6.45, 7) is 4.45. The number of hydrogen-bond donors (Lipinski definition) is 1. The molecule has 4 aromatic rings. The van der Waals surface area contributed by atoms with Crippen molar-refractivity contribution >= 4 is 28.5 Å². The summed E-state index contributed by atoms with van der Waals surface area (Å²) in [5, 5.41) is 11.2. The highest BCUT2D eigenvalue weighted by Crippen LogP contribution is 2.31. The molecule has 2 aromatic heterocycles. The van der Waals surface area contributed by atoms with Gasteiger partial charge in [0.15, 0.2) is 0 Å². The standard InChI is InChI=1S/C26H28N6O3/c1-18-10-11-19(2)23(15-18)32(24(33)17-31-22-9-5-4-8-21(22)29-30-31)25(20-7-6-12-27-16-20)26(34)28-13-14-35-3/h4-12,15-16,25H,13-14,17H2,1-3H3,(H,28,34). The molecule has 4 rings (SSSR count). The lowest BCUT2D eigenvalue weighted by Crippen LogP contribution is -2.46. The number of amides is 2. The van der Waals surface area contributed by atoms with Crippen molar-refractivity contribution in [1.29, 1.82) is 0 Å². The van der Waals surface area contributed by atoms with E-state index < -0.39 is 6.04 Å². The Hall–Kier alpha value is -4.11. The number of nitrogens with one attached hydrogen (secondary N) is 1. The van der Waals surface area contributed by atoms with Crippen LogP contribution in [0.25, 0.3) is 11.0 Å². The Balaban J connectivity index is 1.80. The second kappa shape index (κ2) is 10.9. The molecule has 2 amide bonds. The molecule has 180 valence electrons. The second-order valence-corrected chi connectivity index (χ2v) is 8.26. The lowest BCUT2D eigenvalue weighted by Gasteiger charge is -2.32. The number of pyridine rings is 1. The summed E-state index contributed by atoms with van der Waals surface area (Å²) in [5.74, 6) is -0.627. The van der Waals surface area contributed by atoms with Gasteiger partial charge in [-0.1, -0.05) is 35.5 Å². The molecule has 0 aliphatic carbocycles. The maximum absolute atomic E-state index is 14.0. The minimum Gasteiger partial charge on any atom is -0.383 e. The number of hydrogen-bond acceptors (Lipinski definition) is 6. The molecule has 0 bridgehead atoms. The van der Waals surface area contributed by atoms with E-state index in [1.54, 1.807) is 36.3 Å². The molecule has 2 heterocycles. The topological polar surface area (TPSA) is 102 Å². The SMILES string of the molecule is COCCNC(=O)C(c1cccnc1)N(C(=O)Cn1nnc2ccccc21)c1cc(C)ccc1C. The Kier molecular flexibility index (Phi) is 7.47. The van der Waals surface area contributed by atoms with Crippen LogP contribution in [0.1, 0.15) is 22.7 Å². The summed E-state index contributed by atoms with van der Waals surface area (Å²) in [4.78, 5) is 33.3. The third-order valence-electron chi connectivity index (χ3n) is 5.71. The molecule has 1 unspecified atom stereocenters. The summed E-state index contributed by atoms with van der Waals surface area (Å²) in [6, 6.07) is 15.9. The highest BCUT2D eigenvalue weighted by Gasteiger charge is 2.34. The number of anilines is 1. The van der Waals surface area contributed by atoms with Crippen LogP contribution in [0.15, 0.2) is 67.0 Å². The smallest absolute Gasteiger partial charge is 0.249 e. The number of aryl methyl sites for hydroxylation is 2. The first-order valence-electron chi connectivity index (χ1n) is 11.3. The van der Waals surface area contributed by atoms with E-state index in [0.717, 1.165) is 16.6 Å². The van der Waals surface area contributed by atoms with Gasteiger partial charge in [0.25, 0.3) is 0 Å². The number of ether oxygens (including phenoxy) is 1. The van der Waals surface area contributed by atoms with Crippen molar-refractivity contribution in [3.63, 3.8) is 0 Å². The van der Waals surface area contributed by atoms with Gasteiger partial charge in [-0.3, -0.25) is 19.5 Å². The summed E-state index contributed by atoms with van der Waals surface area (Å²) < 4.78 is 6.64. The minimum absolute atomic E-state index is 0.0873. The largest absolute Gasteiger partial charge is 0.383 e. The maximum Gasteiger partial charge on any atom is 0.249 e. The van der Waals surface area contributed by atoms with Crippen LogP contribution >= 0.6 is 0 Å². The Morgan fingerprint density at radius 1 is 1.11 bits per heavy atom. The van der Waals surface area contributed by atoms with E-state index >= 15 is 0 Å². The first-order valence-corrected chi connectivity index (χ1v) is 11.3. The van der Waals surface area contributed by atoms with E-state index in [1.807, 2.05) is 56.3 Å². The zero-order chi connectivity index (χ0) is 24.8. The Morgan fingerprint density at radius 3 is 2.71 bits per heavy atom. The molecule has 0 spiro atoms. The van der Waals surface area contributed by atoms with E-state index in [0.29, 0.717) is 29.9 Å². The fourth-order valence-electron chi connectivity index (χ4n) is 3.96. The van der Waals surface area contributed by atoms with Crippen LogP contribution in [-0.2, 0) is 20.9 Å². The van der Waals surface area contributed by atoms with Gasteiger partial charge in [-0.25, -0.2) is 4.68 Å². The lowest BCUT2D eigenvalue weighted by atomic mass is 10.0. The third kappa shape index (κ3) is 5.36.